The Morgan fingerprint density at radius 2 is 2.29 bits per heavy atom. The standard InChI is InChI=1S/C16H21BrClN3/c1-3-20-8-4-5-13(10-20)21-15-7-6-12(17)9-14(15)19-16(21)11(2)18/h6-7,9,11,13H,3-5,8,10H2,1-2H3. The molecule has 3 rings (SSSR count). The van der Waals surface area contributed by atoms with Gasteiger partial charge in [-0.3, -0.25) is 0 Å². The number of hydrogen-bond acceptors (Lipinski definition) is 2. The monoisotopic (exact) mass is 369 g/mol. The SMILES string of the molecule is CCN1CCCC(n2c(C(C)Cl)nc3cc(Br)ccc32)C1. The van der Waals surface area contributed by atoms with Crippen LogP contribution in [0.2, 0.25) is 0 Å². The predicted molar refractivity (Wildman–Crippen MR) is 92.1 cm³/mol. The predicted octanol–water partition coefficient (Wildman–Crippen LogP) is 4.76. The van der Waals surface area contributed by atoms with Gasteiger partial charge in [0.25, 0.3) is 0 Å². The first-order valence-corrected chi connectivity index (χ1v) is 8.87. The summed E-state index contributed by atoms with van der Waals surface area (Å²) in [6, 6.07) is 6.79. The van der Waals surface area contributed by atoms with E-state index in [0.29, 0.717) is 6.04 Å². The normalized spacial score (nSPS) is 21.8. The summed E-state index contributed by atoms with van der Waals surface area (Å²) < 4.78 is 3.44. The number of imidazole rings is 1. The number of nitrogens with zero attached hydrogens (tertiary/aromatic N) is 3. The molecule has 3 nitrogen and oxygen atoms in total. The van der Waals surface area contributed by atoms with Gasteiger partial charge in [-0.2, -0.15) is 0 Å². The summed E-state index contributed by atoms with van der Waals surface area (Å²) in [7, 11) is 0. The molecular formula is C16H21BrClN3. The maximum Gasteiger partial charge on any atom is 0.128 e. The first kappa shape index (κ1) is 15.3. The molecule has 2 aromatic rings. The molecule has 1 aromatic heterocycles. The first-order valence-electron chi connectivity index (χ1n) is 7.64. The summed E-state index contributed by atoms with van der Waals surface area (Å²) in [6.07, 6.45) is 2.44. The average Bonchev–Trinajstić information content (AvgIpc) is 2.86. The van der Waals surface area contributed by atoms with E-state index < -0.39 is 0 Å². The zero-order chi connectivity index (χ0) is 15.0. The molecule has 1 fully saturated rings. The van der Waals surface area contributed by atoms with Crippen molar-refractivity contribution in [2.45, 2.75) is 38.1 Å². The van der Waals surface area contributed by atoms with Gasteiger partial charge >= 0.3 is 0 Å². The topological polar surface area (TPSA) is 21.1 Å². The van der Waals surface area contributed by atoms with E-state index in [1.165, 1.54) is 24.9 Å². The molecule has 21 heavy (non-hydrogen) atoms. The number of aromatic nitrogens is 2. The van der Waals surface area contributed by atoms with E-state index in [2.05, 4.69) is 50.5 Å². The van der Waals surface area contributed by atoms with Crippen molar-refractivity contribution in [3.8, 4) is 0 Å². The summed E-state index contributed by atoms with van der Waals surface area (Å²) in [4.78, 5) is 7.30. The van der Waals surface area contributed by atoms with Gasteiger partial charge in [0.2, 0.25) is 0 Å². The zero-order valence-corrected chi connectivity index (χ0v) is 14.9. The highest BCUT2D eigenvalue weighted by atomic mass is 79.9. The quantitative estimate of drug-likeness (QED) is 0.727. The Hall–Kier alpha value is -0.580. The lowest BCUT2D eigenvalue weighted by atomic mass is 10.0. The average molecular weight is 371 g/mol. The minimum absolute atomic E-state index is 0.0758. The van der Waals surface area contributed by atoms with Crippen LogP contribution in [0.15, 0.2) is 22.7 Å². The van der Waals surface area contributed by atoms with Crippen LogP contribution in [0, 0.1) is 0 Å². The highest BCUT2D eigenvalue weighted by molar-refractivity contribution is 9.10. The van der Waals surface area contributed by atoms with Crippen LogP contribution in [0.3, 0.4) is 0 Å². The van der Waals surface area contributed by atoms with Gasteiger partial charge < -0.3 is 9.47 Å². The molecule has 2 atom stereocenters. The number of alkyl halides is 1. The molecule has 5 heteroatoms. The van der Waals surface area contributed by atoms with Crippen molar-refractivity contribution in [1.82, 2.24) is 14.5 Å². The fourth-order valence-electron chi connectivity index (χ4n) is 3.28. The van der Waals surface area contributed by atoms with Crippen molar-refractivity contribution >= 4 is 38.6 Å². The third-order valence-corrected chi connectivity index (χ3v) is 5.02. The summed E-state index contributed by atoms with van der Waals surface area (Å²) in [6.45, 7) is 7.65. The summed E-state index contributed by atoms with van der Waals surface area (Å²) in [5.41, 5.74) is 2.23. The van der Waals surface area contributed by atoms with Crippen LogP contribution in [-0.2, 0) is 0 Å². The van der Waals surface area contributed by atoms with Gasteiger partial charge in [-0.25, -0.2) is 4.98 Å². The molecule has 0 N–H and O–H groups in total. The molecule has 114 valence electrons. The van der Waals surface area contributed by atoms with E-state index in [0.717, 1.165) is 28.9 Å². The van der Waals surface area contributed by atoms with Crippen LogP contribution < -0.4 is 0 Å². The Balaban J connectivity index is 2.08. The highest BCUT2D eigenvalue weighted by Crippen LogP contribution is 2.33. The second-order valence-electron chi connectivity index (χ2n) is 5.78. The van der Waals surface area contributed by atoms with E-state index in [-0.39, 0.29) is 5.38 Å². The van der Waals surface area contributed by atoms with Crippen LogP contribution in [0.1, 0.15) is 43.9 Å². The van der Waals surface area contributed by atoms with Crippen LogP contribution in [0.25, 0.3) is 11.0 Å². The van der Waals surface area contributed by atoms with Gasteiger partial charge in [-0.15, -0.1) is 11.6 Å². The van der Waals surface area contributed by atoms with Gasteiger partial charge in [0.05, 0.1) is 16.4 Å². The molecule has 1 aliphatic heterocycles. The number of benzene rings is 1. The van der Waals surface area contributed by atoms with Crippen LogP contribution in [0.5, 0.6) is 0 Å². The maximum absolute atomic E-state index is 6.40. The summed E-state index contributed by atoms with van der Waals surface area (Å²) in [5.74, 6) is 0.993. The largest absolute Gasteiger partial charge is 0.322 e. The lowest BCUT2D eigenvalue weighted by molar-refractivity contribution is 0.185. The smallest absolute Gasteiger partial charge is 0.128 e. The Morgan fingerprint density at radius 3 is 3.00 bits per heavy atom. The fraction of sp³-hybridized carbons (Fsp3) is 0.562. The Labute approximate surface area is 139 Å². The van der Waals surface area contributed by atoms with Crippen molar-refractivity contribution in [2.75, 3.05) is 19.6 Å². The van der Waals surface area contributed by atoms with E-state index in [1.54, 1.807) is 0 Å². The third-order valence-electron chi connectivity index (χ3n) is 4.33. The van der Waals surface area contributed by atoms with Gasteiger partial charge in [-0.1, -0.05) is 22.9 Å². The third kappa shape index (κ3) is 2.99. The molecule has 0 aliphatic carbocycles. The van der Waals surface area contributed by atoms with Crippen molar-refractivity contribution < 1.29 is 0 Å². The number of fused-ring (bicyclic) bond motifs is 1. The molecule has 1 aliphatic rings. The zero-order valence-electron chi connectivity index (χ0n) is 12.5. The Kier molecular flexibility index (Phi) is 4.57. The van der Waals surface area contributed by atoms with Crippen LogP contribution >= 0.6 is 27.5 Å². The van der Waals surface area contributed by atoms with E-state index in [4.69, 9.17) is 16.6 Å². The number of halogens is 2. The second kappa shape index (κ2) is 6.27. The minimum Gasteiger partial charge on any atom is -0.322 e. The first-order chi connectivity index (χ1) is 10.1. The number of piperidine rings is 1. The summed E-state index contributed by atoms with van der Waals surface area (Å²) in [5, 5.41) is -0.0758. The molecule has 0 saturated carbocycles. The number of rotatable bonds is 3. The van der Waals surface area contributed by atoms with Gasteiger partial charge in [-0.05, 0) is 51.1 Å². The molecule has 1 aromatic carbocycles. The Bertz CT molecular complexity index is 638. The lowest BCUT2D eigenvalue weighted by Crippen LogP contribution is -2.36. The lowest BCUT2D eigenvalue weighted by Gasteiger charge is -2.34. The highest BCUT2D eigenvalue weighted by Gasteiger charge is 2.25. The molecule has 0 radical (unpaired) electrons. The number of hydrogen-bond donors (Lipinski definition) is 0. The van der Waals surface area contributed by atoms with Gasteiger partial charge in [0.15, 0.2) is 0 Å². The van der Waals surface area contributed by atoms with E-state index >= 15 is 0 Å². The van der Waals surface area contributed by atoms with Crippen molar-refractivity contribution in [2.24, 2.45) is 0 Å². The molecule has 0 amide bonds. The molecule has 2 heterocycles. The molecule has 0 bridgehead atoms. The summed E-state index contributed by atoms with van der Waals surface area (Å²) >= 11 is 9.93. The second-order valence-corrected chi connectivity index (χ2v) is 7.35. The molecule has 2 unspecified atom stereocenters. The van der Waals surface area contributed by atoms with Crippen molar-refractivity contribution in [1.29, 1.82) is 0 Å². The van der Waals surface area contributed by atoms with Gasteiger partial charge in [0, 0.05) is 17.1 Å². The van der Waals surface area contributed by atoms with Crippen molar-refractivity contribution in [3.63, 3.8) is 0 Å². The number of likely N-dealkylation sites (N-methyl/N-ethyl adjacent to an activating group) is 1. The molecular weight excluding hydrogens is 350 g/mol. The maximum atomic E-state index is 6.40. The molecule has 0 spiro atoms. The van der Waals surface area contributed by atoms with Crippen LogP contribution in [-0.4, -0.2) is 34.1 Å². The number of likely N-dealkylation sites (tertiary alicyclic amines) is 1. The molecule has 1 saturated heterocycles. The minimum atomic E-state index is -0.0758. The van der Waals surface area contributed by atoms with Gasteiger partial charge in [0.1, 0.15) is 5.82 Å². The van der Waals surface area contributed by atoms with Crippen LogP contribution in [0.4, 0.5) is 0 Å². The van der Waals surface area contributed by atoms with E-state index in [1.807, 2.05) is 6.92 Å². The van der Waals surface area contributed by atoms with Crippen molar-refractivity contribution in [3.05, 3.63) is 28.5 Å². The Morgan fingerprint density at radius 1 is 1.48 bits per heavy atom. The fourth-order valence-corrected chi connectivity index (χ4v) is 3.79. The van der Waals surface area contributed by atoms with E-state index in [9.17, 15) is 0 Å².